The second-order valence-electron chi connectivity index (χ2n) is 6.58. The van der Waals surface area contributed by atoms with E-state index in [-0.39, 0.29) is 11.3 Å². The molecule has 1 aliphatic carbocycles. The van der Waals surface area contributed by atoms with Crippen molar-refractivity contribution in [3.63, 3.8) is 0 Å². The molecule has 2 unspecified atom stereocenters. The molecular weight excluding hydrogens is 254 g/mol. The molecule has 1 aliphatic rings. The fourth-order valence-corrected chi connectivity index (χ4v) is 3.47. The summed E-state index contributed by atoms with van der Waals surface area (Å²) in [5, 5.41) is 13.0. The highest BCUT2D eigenvalue weighted by Crippen LogP contribution is 2.49. The first-order chi connectivity index (χ1) is 9.29. The third-order valence-corrected chi connectivity index (χ3v) is 4.28. The van der Waals surface area contributed by atoms with Gasteiger partial charge in [-0.05, 0) is 36.3 Å². The Kier molecular flexibility index (Phi) is 3.67. The van der Waals surface area contributed by atoms with E-state index in [0.717, 1.165) is 17.9 Å². The highest BCUT2D eigenvalue weighted by molar-refractivity contribution is 5.84. The monoisotopic (exact) mass is 277 g/mol. The van der Waals surface area contributed by atoms with Crippen LogP contribution in [0.2, 0.25) is 0 Å². The van der Waals surface area contributed by atoms with Crippen LogP contribution in [0.25, 0.3) is 0 Å². The number of benzene rings is 1. The van der Waals surface area contributed by atoms with Crippen LogP contribution < -0.4 is 10.1 Å². The minimum atomic E-state index is -0.907. The van der Waals surface area contributed by atoms with E-state index in [1.165, 1.54) is 0 Å². The van der Waals surface area contributed by atoms with Gasteiger partial charge in [-0.3, -0.25) is 0 Å². The van der Waals surface area contributed by atoms with E-state index in [9.17, 15) is 9.90 Å². The molecule has 20 heavy (non-hydrogen) atoms. The van der Waals surface area contributed by atoms with Crippen molar-refractivity contribution < 1.29 is 14.6 Å². The maximum atomic E-state index is 11.9. The lowest BCUT2D eigenvalue weighted by Gasteiger charge is -2.32. The van der Waals surface area contributed by atoms with Gasteiger partial charge in [0, 0.05) is 11.8 Å². The Morgan fingerprint density at radius 3 is 2.65 bits per heavy atom. The van der Waals surface area contributed by atoms with Gasteiger partial charge in [0.15, 0.2) is 0 Å². The van der Waals surface area contributed by atoms with Gasteiger partial charge in [0.1, 0.15) is 11.3 Å². The number of hydrogen-bond acceptors (Lipinski definition) is 3. The molecule has 110 valence electrons. The lowest BCUT2D eigenvalue weighted by atomic mass is 9.86. The van der Waals surface area contributed by atoms with Gasteiger partial charge >= 0.3 is 5.97 Å². The minimum Gasteiger partial charge on any atom is -0.497 e. The predicted molar refractivity (Wildman–Crippen MR) is 79.2 cm³/mol. The van der Waals surface area contributed by atoms with Gasteiger partial charge < -0.3 is 15.2 Å². The van der Waals surface area contributed by atoms with E-state index in [2.05, 4.69) is 19.2 Å². The van der Waals surface area contributed by atoms with Crippen molar-refractivity contribution in [2.24, 2.45) is 11.3 Å². The van der Waals surface area contributed by atoms with Gasteiger partial charge in [0.25, 0.3) is 0 Å². The fourth-order valence-electron chi connectivity index (χ4n) is 3.47. The maximum absolute atomic E-state index is 11.9. The normalized spacial score (nSPS) is 28.1. The van der Waals surface area contributed by atoms with Gasteiger partial charge in [-0.15, -0.1) is 0 Å². The SMILES string of the molecule is COc1cccc(NC2(C(=O)O)CC(C)(C)CC2C)c1. The van der Waals surface area contributed by atoms with Crippen LogP contribution in [0.5, 0.6) is 5.75 Å². The number of carbonyl (C=O) groups is 1. The molecule has 0 amide bonds. The van der Waals surface area contributed by atoms with Crippen molar-refractivity contribution in [2.45, 2.75) is 39.2 Å². The average Bonchev–Trinajstić information content (AvgIpc) is 2.60. The Morgan fingerprint density at radius 2 is 2.15 bits per heavy atom. The summed E-state index contributed by atoms with van der Waals surface area (Å²) in [6.45, 7) is 6.26. The zero-order valence-corrected chi connectivity index (χ0v) is 12.6. The molecule has 0 saturated heterocycles. The molecule has 0 spiro atoms. The summed E-state index contributed by atoms with van der Waals surface area (Å²) in [5.41, 5.74) is -0.0872. The number of hydrogen-bond donors (Lipinski definition) is 2. The molecule has 0 aliphatic heterocycles. The molecule has 1 aromatic rings. The smallest absolute Gasteiger partial charge is 0.329 e. The lowest BCUT2D eigenvalue weighted by Crippen LogP contribution is -2.49. The third kappa shape index (κ3) is 2.60. The zero-order chi connectivity index (χ0) is 15.0. The van der Waals surface area contributed by atoms with Crippen molar-refractivity contribution in [1.82, 2.24) is 0 Å². The minimum absolute atomic E-state index is 0.0314. The Labute approximate surface area is 120 Å². The lowest BCUT2D eigenvalue weighted by molar-refractivity contribution is -0.143. The molecule has 2 atom stereocenters. The Balaban J connectivity index is 2.33. The quantitative estimate of drug-likeness (QED) is 0.885. The number of carboxylic acids is 1. The highest BCUT2D eigenvalue weighted by Gasteiger charge is 2.54. The van der Waals surface area contributed by atoms with E-state index in [0.29, 0.717) is 6.42 Å². The molecule has 1 aromatic carbocycles. The molecule has 1 fully saturated rings. The molecule has 1 saturated carbocycles. The molecule has 0 aromatic heterocycles. The number of ether oxygens (including phenoxy) is 1. The van der Waals surface area contributed by atoms with Crippen LogP contribution in [0.3, 0.4) is 0 Å². The first-order valence-corrected chi connectivity index (χ1v) is 6.95. The summed E-state index contributed by atoms with van der Waals surface area (Å²) in [7, 11) is 1.60. The summed E-state index contributed by atoms with van der Waals surface area (Å²) in [5.74, 6) is 0.0139. The predicted octanol–water partition coefficient (Wildman–Crippen LogP) is 3.39. The number of carboxylic acid groups (broad SMARTS) is 1. The van der Waals surface area contributed by atoms with Crippen LogP contribution in [0.4, 0.5) is 5.69 Å². The fraction of sp³-hybridized carbons (Fsp3) is 0.562. The van der Waals surface area contributed by atoms with Crippen molar-refractivity contribution in [2.75, 3.05) is 12.4 Å². The van der Waals surface area contributed by atoms with Crippen LogP contribution in [0, 0.1) is 11.3 Å². The molecule has 0 bridgehead atoms. The Morgan fingerprint density at radius 1 is 1.45 bits per heavy atom. The third-order valence-electron chi connectivity index (χ3n) is 4.28. The second-order valence-corrected chi connectivity index (χ2v) is 6.58. The second kappa shape index (κ2) is 5.00. The number of anilines is 1. The first-order valence-electron chi connectivity index (χ1n) is 6.95. The molecule has 2 N–H and O–H groups in total. The summed E-state index contributed by atoms with van der Waals surface area (Å²) in [6.07, 6.45) is 1.52. The van der Waals surface area contributed by atoms with Crippen LogP contribution in [-0.2, 0) is 4.79 Å². The standard InChI is InChI=1S/C16H23NO3/c1-11-9-15(2,3)10-16(11,14(18)19)17-12-6-5-7-13(8-12)20-4/h5-8,11,17H,9-10H2,1-4H3,(H,18,19). The van der Waals surface area contributed by atoms with E-state index in [1.54, 1.807) is 7.11 Å². The van der Waals surface area contributed by atoms with Gasteiger partial charge in [-0.2, -0.15) is 0 Å². The summed E-state index contributed by atoms with van der Waals surface area (Å²) < 4.78 is 5.19. The molecule has 0 radical (unpaired) electrons. The van der Waals surface area contributed by atoms with Crippen LogP contribution in [0.15, 0.2) is 24.3 Å². The molecular formula is C16H23NO3. The molecule has 4 heteroatoms. The summed E-state index contributed by atoms with van der Waals surface area (Å²) >= 11 is 0. The van der Waals surface area contributed by atoms with E-state index in [1.807, 2.05) is 31.2 Å². The Hall–Kier alpha value is -1.71. The summed E-state index contributed by atoms with van der Waals surface area (Å²) in [4.78, 5) is 11.9. The van der Waals surface area contributed by atoms with Gasteiger partial charge in [0.2, 0.25) is 0 Å². The van der Waals surface area contributed by atoms with E-state index in [4.69, 9.17) is 4.74 Å². The van der Waals surface area contributed by atoms with Crippen molar-refractivity contribution in [1.29, 1.82) is 0 Å². The number of nitrogens with one attached hydrogen (secondary N) is 1. The molecule has 2 rings (SSSR count). The Bertz CT molecular complexity index is 512. The topological polar surface area (TPSA) is 58.6 Å². The van der Waals surface area contributed by atoms with Gasteiger partial charge in [-0.1, -0.05) is 26.8 Å². The van der Waals surface area contributed by atoms with Crippen LogP contribution >= 0.6 is 0 Å². The molecule has 4 nitrogen and oxygen atoms in total. The van der Waals surface area contributed by atoms with Crippen molar-refractivity contribution >= 4 is 11.7 Å². The van der Waals surface area contributed by atoms with Gasteiger partial charge in [-0.25, -0.2) is 4.79 Å². The van der Waals surface area contributed by atoms with Crippen LogP contribution in [0.1, 0.15) is 33.6 Å². The number of aliphatic carboxylic acids is 1. The van der Waals surface area contributed by atoms with Crippen molar-refractivity contribution in [3.05, 3.63) is 24.3 Å². The van der Waals surface area contributed by atoms with Crippen molar-refractivity contribution in [3.8, 4) is 5.75 Å². The largest absolute Gasteiger partial charge is 0.497 e. The molecule has 0 heterocycles. The first kappa shape index (κ1) is 14.7. The zero-order valence-electron chi connectivity index (χ0n) is 12.6. The number of methoxy groups -OCH3 is 1. The van der Waals surface area contributed by atoms with Crippen LogP contribution in [-0.4, -0.2) is 23.7 Å². The number of rotatable bonds is 4. The summed E-state index contributed by atoms with van der Waals surface area (Å²) in [6, 6.07) is 7.43. The average molecular weight is 277 g/mol. The van der Waals surface area contributed by atoms with Gasteiger partial charge in [0.05, 0.1) is 7.11 Å². The highest BCUT2D eigenvalue weighted by atomic mass is 16.5. The van der Waals surface area contributed by atoms with E-state index >= 15 is 0 Å². The maximum Gasteiger partial charge on any atom is 0.329 e. The van der Waals surface area contributed by atoms with E-state index < -0.39 is 11.5 Å².